The van der Waals surface area contributed by atoms with E-state index in [-0.39, 0.29) is 18.3 Å². The molecule has 1 N–H and O–H groups in total. The number of allylic oxidation sites excluding steroid dienone is 3. The van der Waals surface area contributed by atoms with Gasteiger partial charge < -0.3 is 19.5 Å². The third-order valence-corrected chi connectivity index (χ3v) is 6.88. The Kier molecular flexibility index (Phi) is 7.71. The SMILES string of the molecule is CCc1ccc(C2C(C(=O)OCCOC)=C(C)NC3=C2C(=O)CC(c2ccc(OC)cc2)C3)cc1. The van der Waals surface area contributed by atoms with E-state index in [0.717, 1.165) is 34.7 Å². The molecule has 2 atom stereocenters. The Morgan fingerprint density at radius 1 is 0.971 bits per heavy atom. The van der Waals surface area contributed by atoms with Crippen molar-refractivity contribution in [3.05, 3.63) is 87.8 Å². The molecule has 0 spiro atoms. The molecule has 35 heavy (non-hydrogen) atoms. The van der Waals surface area contributed by atoms with Gasteiger partial charge >= 0.3 is 5.97 Å². The van der Waals surface area contributed by atoms with Gasteiger partial charge in [0.05, 0.1) is 19.3 Å². The molecule has 1 aliphatic carbocycles. The molecule has 0 amide bonds. The standard InChI is InChI=1S/C29H33NO5/c1-5-19-6-8-21(9-7-19)27-26(29(32)35-15-14-33-3)18(2)30-24-16-22(17-25(31)28(24)27)20-10-12-23(34-4)13-11-20/h6-13,22,27,30H,5,14-17H2,1-4H3. The molecule has 2 aromatic carbocycles. The van der Waals surface area contributed by atoms with Gasteiger partial charge in [0.2, 0.25) is 0 Å². The van der Waals surface area contributed by atoms with E-state index in [1.807, 2.05) is 43.3 Å². The van der Waals surface area contributed by atoms with E-state index < -0.39 is 11.9 Å². The summed E-state index contributed by atoms with van der Waals surface area (Å²) >= 11 is 0. The summed E-state index contributed by atoms with van der Waals surface area (Å²) in [7, 11) is 3.21. The van der Waals surface area contributed by atoms with E-state index in [2.05, 4.69) is 24.4 Å². The average molecular weight is 476 g/mol. The Morgan fingerprint density at radius 3 is 2.29 bits per heavy atom. The second-order valence-electron chi connectivity index (χ2n) is 9.01. The van der Waals surface area contributed by atoms with E-state index in [1.54, 1.807) is 14.2 Å². The van der Waals surface area contributed by atoms with Crippen LogP contribution < -0.4 is 10.1 Å². The number of nitrogens with one attached hydrogen (secondary N) is 1. The lowest BCUT2D eigenvalue weighted by Crippen LogP contribution is -2.36. The van der Waals surface area contributed by atoms with Crippen LogP contribution in [0.15, 0.2) is 71.1 Å². The molecule has 4 rings (SSSR count). The smallest absolute Gasteiger partial charge is 0.336 e. The van der Waals surface area contributed by atoms with Crippen LogP contribution in [0.4, 0.5) is 0 Å². The van der Waals surface area contributed by atoms with Crippen molar-refractivity contribution in [1.29, 1.82) is 0 Å². The summed E-state index contributed by atoms with van der Waals surface area (Å²) in [5.41, 5.74) is 5.99. The monoisotopic (exact) mass is 475 g/mol. The van der Waals surface area contributed by atoms with Gasteiger partial charge in [-0.15, -0.1) is 0 Å². The van der Waals surface area contributed by atoms with Crippen molar-refractivity contribution in [2.75, 3.05) is 27.4 Å². The Labute approximate surface area is 207 Å². The molecular formula is C29H33NO5. The lowest BCUT2D eigenvalue weighted by Gasteiger charge is -2.36. The first-order valence-electron chi connectivity index (χ1n) is 12.1. The molecular weight excluding hydrogens is 442 g/mol. The van der Waals surface area contributed by atoms with Crippen molar-refractivity contribution in [2.45, 2.75) is 44.9 Å². The van der Waals surface area contributed by atoms with Crippen molar-refractivity contribution in [2.24, 2.45) is 0 Å². The highest BCUT2D eigenvalue weighted by Crippen LogP contribution is 2.45. The molecule has 0 saturated heterocycles. The predicted octanol–water partition coefficient (Wildman–Crippen LogP) is 4.81. The average Bonchev–Trinajstić information content (AvgIpc) is 2.88. The van der Waals surface area contributed by atoms with Gasteiger partial charge in [-0.25, -0.2) is 4.79 Å². The van der Waals surface area contributed by atoms with Crippen molar-refractivity contribution >= 4 is 11.8 Å². The number of hydrogen-bond acceptors (Lipinski definition) is 6. The quantitative estimate of drug-likeness (QED) is 0.436. The Morgan fingerprint density at radius 2 is 1.66 bits per heavy atom. The number of Topliss-reactive ketones (excluding diaryl/α,β-unsaturated/α-hetero) is 1. The second kappa shape index (κ2) is 10.9. The maximum absolute atomic E-state index is 13.7. The number of ether oxygens (including phenoxy) is 3. The van der Waals surface area contributed by atoms with Crippen LogP contribution in [0, 0.1) is 0 Å². The number of ketones is 1. The molecule has 6 nitrogen and oxygen atoms in total. The molecule has 6 heteroatoms. The molecule has 184 valence electrons. The summed E-state index contributed by atoms with van der Waals surface area (Å²) in [6.45, 7) is 4.46. The van der Waals surface area contributed by atoms with Gasteiger partial charge in [0.25, 0.3) is 0 Å². The van der Waals surface area contributed by atoms with Gasteiger partial charge in [-0.1, -0.05) is 43.3 Å². The van der Waals surface area contributed by atoms with Gasteiger partial charge in [0.1, 0.15) is 12.4 Å². The summed E-state index contributed by atoms with van der Waals surface area (Å²) in [6.07, 6.45) is 2.01. The van der Waals surface area contributed by atoms with Crippen LogP contribution in [0.1, 0.15) is 55.2 Å². The molecule has 0 bridgehead atoms. The van der Waals surface area contributed by atoms with Gasteiger partial charge in [0, 0.05) is 36.4 Å². The molecule has 1 aliphatic heterocycles. The largest absolute Gasteiger partial charge is 0.497 e. The number of rotatable bonds is 8. The maximum atomic E-state index is 13.7. The van der Waals surface area contributed by atoms with E-state index >= 15 is 0 Å². The van der Waals surface area contributed by atoms with Crippen LogP contribution in [0.25, 0.3) is 0 Å². The third-order valence-electron chi connectivity index (χ3n) is 6.88. The molecule has 2 unspecified atom stereocenters. The minimum absolute atomic E-state index is 0.0545. The number of aryl methyl sites for hydroxylation is 1. The Bertz CT molecular complexity index is 1140. The zero-order valence-electron chi connectivity index (χ0n) is 20.9. The van der Waals surface area contributed by atoms with Crippen LogP contribution in [-0.4, -0.2) is 39.2 Å². The number of carbonyl (C=O) groups excluding carboxylic acids is 2. The summed E-state index contributed by atoms with van der Waals surface area (Å²) in [4.78, 5) is 26.9. The summed E-state index contributed by atoms with van der Waals surface area (Å²) in [5.74, 6) is 0.0203. The highest BCUT2D eigenvalue weighted by atomic mass is 16.6. The van der Waals surface area contributed by atoms with E-state index in [0.29, 0.717) is 30.6 Å². The maximum Gasteiger partial charge on any atom is 0.336 e. The van der Waals surface area contributed by atoms with Crippen LogP contribution in [0.3, 0.4) is 0 Å². The molecule has 0 radical (unpaired) electrons. The summed E-state index contributed by atoms with van der Waals surface area (Å²) in [6, 6.07) is 16.1. The van der Waals surface area contributed by atoms with Gasteiger partial charge in [-0.05, 0) is 54.5 Å². The van der Waals surface area contributed by atoms with Gasteiger partial charge in [-0.2, -0.15) is 0 Å². The topological polar surface area (TPSA) is 73.9 Å². The molecule has 1 heterocycles. The molecule has 2 aliphatic rings. The third kappa shape index (κ3) is 5.17. The highest BCUT2D eigenvalue weighted by molar-refractivity contribution is 6.04. The predicted molar refractivity (Wildman–Crippen MR) is 134 cm³/mol. The Hall–Kier alpha value is -3.38. The summed E-state index contributed by atoms with van der Waals surface area (Å²) in [5, 5.41) is 3.40. The first kappa shape index (κ1) is 24.7. The van der Waals surface area contributed by atoms with Crippen LogP contribution in [0.2, 0.25) is 0 Å². The number of carbonyl (C=O) groups is 2. The minimum Gasteiger partial charge on any atom is -0.497 e. The van der Waals surface area contributed by atoms with Crippen LogP contribution in [-0.2, 0) is 25.5 Å². The van der Waals surface area contributed by atoms with Crippen molar-refractivity contribution in [3.8, 4) is 5.75 Å². The fraction of sp³-hybridized carbons (Fsp3) is 0.379. The van der Waals surface area contributed by atoms with Crippen molar-refractivity contribution < 1.29 is 23.8 Å². The number of dihydropyridines is 1. The number of methoxy groups -OCH3 is 2. The Balaban J connectivity index is 1.72. The first-order chi connectivity index (χ1) is 17.0. The van der Waals surface area contributed by atoms with Gasteiger partial charge in [0.15, 0.2) is 5.78 Å². The molecule has 0 saturated carbocycles. The zero-order valence-corrected chi connectivity index (χ0v) is 20.9. The molecule has 0 fully saturated rings. The second-order valence-corrected chi connectivity index (χ2v) is 9.01. The number of hydrogen-bond donors (Lipinski definition) is 1. The summed E-state index contributed by atoms with van der Waals surface area (Å²) < 4.78 is 15.8. The molecule has 2 aromatic rings. The van der Waals surface area contributed by atoms with E-state index in [1.165, 1.54) is 5.56 Å². The normalized spacial score (nSPS) is 19.8. The van der Waals surface area contributed by atoms with E-state index in [9.17, 15) is 9.59 Å². The lowest BCUT2D eigenvalue weighted by molar-refractivity contribution is -0.140. The first-order valence-corrected chi connectivity index (χ1v) is 12.1. The number of benzene rings is 2. The lowest BCUT2D eigenvalue weighted by atomic mass is 9.71. The van der Waals surface area contributed by atoms with Crippen LogP contribution >= 0.6 is 0 Å². The van der Waals surface area contributed by atoms with Crippen LogP contribution in [0.5, 0.6) is 5.75 Å². The zero-order chi connectivity index (χ0) is 24.9. The fourth-order valence-electron chi connectivity index (χ4n) is 5.00. The van der Waals surface area contributed by atoms with Crippen molar-refractivity contribution in [3.63, 3.8) is 0 Å². The fourth-order valence-corrected chi connectivity index (χ4v) is 5.00. The molecule has 0 aromatic heterocycles. The van der Waals surface area contributed by atoms with Crippen molar-refractivity contribution in [1.82, 2.24) is 5.32 Å². The van der Waals surface area contributed by atoms with Gasteiger partial charge in [-0.3, -0.25) is 4.79 Å². The van der Waals surface area contributed by atoms with E-state index in [4.69, 9.17) is 14.2 Å². The highest BCUT2D eigenvalue weighted by Gasteiger charge is 2.41. The minimum atomic E-state index is -0.462. The number of esters is 1.